The lowest BCUT2D eigenvalue weighted by molar-refractivity contribution is 0.355. The van der Waals surface area contributed by atoms with Crippen molar-refractivity contribution in [2.75, 3.05) is 14.2 Å². The van der Waals surface area contributed by atoms with E-state index in [2.05, 4.69) is 15.1 Å². The van der Waals surface area contributed by atoms with Gasteiger partial charge in [-0.05, 0) is 30.3 Å². The van der Waals surface area contributed by atoms with Gasteiger partial charge in [-0.15, -0.1) is 0 Å². The Hall–Kier alpha value is -3.61. The number of rotatable bonds is 4. The van der Waals surface area contributed by atoms with Crippen molar-refractivity contribution in [1.29, 1.82) is 0 Å². The van der Waals surface area contributed by atoms with Crippen molar-refractivity contribution in [3.63, 3.8) is 0 Å². The molecule has 0 saturated heterocycles. The lowest BCUT2D eigenvalue weighted by Gasteiger charge is -2.08. The van der Waals surface area contributed by atoms with Crippen LogP contribution in [0.2, 0.25) is 0 Å². The number of nitrogens with one attached hydrogen (secondary N) is 1. The third kappa shape index (κ3) is 2.69. The zero-order valence-corrected chi connectivity index (χ0v) is 14.3. The maximum absolute atomic E-state index is 12.5. The smallest absolute Gasteiger partial charge is 0.273 e. The molecule has 0 unspecified atom stereocenters. The van der Waals surface area contributed by atoms with E-state index in [1.54, 1.807) is 26.6 Å². The summed E-state index contributed by atoms with van der Waals surface area (Å²) >= 11 is 0. The SMILES string of the molecule is COc1ccc(-c2cc3nc(-c4ccncc4)cc(=O)n3[nH]2)cc1OC. The van der Waals surface area contributed by atoms with Gasteiger partial charge >= 0.3 is 0 Å². The standard InChI is InChI=1S/C19H16N4O3/c1-25-16-4-3-13(9-17(16)26-2)15-10-18-21-14(11-19(24)23(18)22-15)12-5-7-20-8-6-12/h3-11,22H,1-2H3. The van der Waals surface area contributed by atoms with E-state index in [9.17, 15) is 4.79 Å². The van der Waals surface area contributed by atoms with Crippen LogP contribution < -0.4 is 15.0 Å². The van der Waals surface area contributed by atoms with E-state index in [1.165, 1.54) is 10.6 Å². The molecule has 0 fully saturated rings. The number of pyridine rings is 1. The third-order valence-electron chi connectivity index (χ3n) is 4.12. The molecule has 1 aromatic carbocycles. The molecule has 130 valence electrons. The molecule has 4 aromatic rings. The first-order valence-electron chi connectivity index (χ1n) is 7.95. The number of benzene rings is 1. The molecule has 0 aliphatic heterocycles. The van der Waals surface area contributed by atoms with Gasteiger partial charge in [0, 0.05) is 35.7 Å². The van der Waals surface area contributed by atoms with Gasteiger partial charge < -0.3 is 9.47 Å². The van der Waals surface area contributed by atoms with E-state index in [0.717, 1.165) is 16.8 Å². The second kappa shape index (κ2) is 6.36. The van der Waals surface area contributed by atoms with Gasteiger partial charge in [0.15, 0.2) is 17.1 Å². The van der Waals surface area contributed by atoms with Crippen LogP contribution in [0.4, 0.5) is 0 Å². The van der Waals surface area contributed by atoms with Crippen molar-refractivity contribution in [2.45, 2.75) is 0 Å². The number of hydrogen-bond donors (Lipinski definition) is 1. The van der Waals surface area contributed by atoms with Crippen molar-refractivity contribution >= 4 is 5.65 Å². The summed E-state index contributed by atoms with van der Waals surface area (Å²) in [7, 11) is 3.17. The summed E-state index contributed by atoms with van der Waals surface area (Å²) < 4.78 is 12.0. The van der Waals surface area contributed by atoms with Crippen LogP contribution in [-0.4, -0.2) is 33.8 Å². The first-order valence-corrected chi connectivity index (χ1v) is 7.95. The highest BCUT2D eigenvalue weighted by Gasteiger charge is 2.11. The van der Waals surface area contributed by atoms with E-state index < -0.39 is 0 Å². The number of nitrogens with zero attached hydrogens (tertiary/aromatic N) is 3. The first-order chi connectivity index (χ1) is 12.7. The Kier molecular flexibility index (Phi) is 3.89. The number of ether oxygens (including phenoxy) is 2. The molecule has 0 radical (unpaired) electrons. The predicted molar refractivity (Wildman–Crippen MR) is 97.6 cm³/mol. The van der Waals surface area contributed by atoms with E-state index in [0.29, 0.717) is 22.8 Å². The second-order valence-electron chi connectivity index (χ2n) is 5.65. The largest absolute Gasteiger partial charge is 0.493 e. The number of aromatic amines is 1. The van der Waals surface area contributed by atoms with Gasteiger partial charge in [-0.2, -0.15) is 0 Å². The number of fused-ring (bicyclic) bond motifs is 1. The molecule has 0 amide bonds. The molecule has 26 heavy (non-hydrogen) atoms. The van der Waals surface area contributed by atoms with Crippen LogP contribution in [0.25, 0.3) is 28.2 Å². The third-order valence-corrected chi connectivity index (χ3v) is 4.12. The van der Waals surface area contributed by atoms with Gasteiger partial charge in [0.1, 0.15) is 0 Å². The molecule has 0 saturated carbocycles. The summed E-state index contributed by atoms with van der Waals surface area (Å²) in [5, 5.41) is 3.08. The van der Waals surface area contributed by atoms with Crippen LogP contribution >= 0.6 is 0 Å². The monoisotopic (exact) mass is 348 g/mol. The molecule has 7 nitrogen and oxygen atoms in total. The summed E-state index contributed by atoms with van der Waals surface area (Å²) in [6, 6.07) is 12.5. The minimum Gasteiger partial charge on any atom is -0.493 e. The van der Waals surface area contributed by atoms with E-state index >= 15 is 0 Å². The molecule has 3 heterocycles. The van der Waals surface area contributed by atoms with Crippen LogP contribution in [0.5, 0.6) is 11.5 Å². The molecule has 0 aliphatic carbocycles. The van der Waals surface area contributed by atoms with Crippen molar-refractivity contribution in [1.82, 2.24) is 19.6 Å². The average molecular weight is 348 g/mol. The van der Waals surface area contributed by atoms with Crippen LogP contribution in [0.3, 0.4) is 0 Å². The van der Waals surface area contributed by atoms with Gasteiger partial charge in [0.05, 0.1) is 25.6 Å². The topological polar surface area (TPSA) is 81.5 Å². The fourth-order valence-electron chi connectivity index (χ4n) is 2.81. The van der Waals surface area contributed by atoms with Gasteiger partial charge in [-0.1, -0.05) is 0 Å². The quantitative estimate of drug-likeness (QED) is 0.613. The highest BCUT2D eigenvalue weighted by molar-refractivity contribution is 5.69. The highest BCUT2D eigenvalue weighted by Crippen LogP contribution is 2.32. The zero-order valence-electron chi connectivity index (χ0n) is 14.3. The van der Waals surface area contributed by atoms with Gasteiger partial charge in [0.25, 0.3) is 5.56 Å². The normalized spacial score (nSPS) is 10.8. The van der Waals surface area contributed by atoms with Crippen LogP contribution in [-0.2, 0) is 0 Å². The maximum Gasteiger partial charge on any atom is 0.273 e. The van der Waals surface area contributed by atoms with Crippen molar-refractivity contribution in [2.24, 2.45) is 0 Å². The molecule has 0 atom stereocenters. The fraction of sp³-hybridized carbons (Fsp3) is 0.105. The molecule has 1 N–H and O–H groups in total. The molecular weight excluding hydrogens is 332 g/mol. The molecule has 4 rings (SSSR count). The summed E-state index contributed by atoms with van der Waals surface area (Å²) in [5.74, 6) is 1.25. The summed E-state index contributed by atoms with van der Waals surface area (Å²) in [4.78, 5) is 21.0. The van der Waals surface area contributed by atoms with Gasteiger partial charge in [-0.25, -0.2) is 9.50 Å². The summed E-state index contributed by atoms with van der Waals surface area (Å²) in [5.41, 5.74) is 3.41. The maximum atomic E-state index is 12.5. The van der Waals surface area contributed by atoms with Gasteiger partial charge in [0.2, 0.25) is 0 Å². The second-order valence-corrected chi connectivity index (χ2v) is 5.65. The Bertz CT molecular complexity index is 1130. The molecule has 3 aromatic heterocycles. The van der Waals surface area contributed by atoms with Gasteiger partial charge in [-0.3, -0.25) is 14.9 Å². The molecular formula is C19H16N4O3. The Labute approximate surface area is 148 Å². The average Bonchev–Trinajstić information content (AvgIpc) is 3.13. The van der Waals surface area contributed by atoms with E-state index in [4.69, 9.17) is 9.47 Å². The highest BCUT2D eigenvalue weighted by atomic mass is 16.5. The van der Waals surface area contributed by atoms with Crippen LogP contribution in [0, 0.1) is 0 Å². The minimum atomic E-state index is -0.187. The molecule has 0 spiro atoms. The zero-order chi connectivity index (χ0) is 18.1. The molecule has 0 aliphatic rings. The van der Waals surface area contributed by atoms with E-state index in [-0.39, 0.29) is 5.56 Å². The molecule has 0 bridgehead atoms. The minimum absolute atomic E-state index is 0.187. The summed E-state index contributed by atoms with van der Waals surface area (Å²) in [6.07, 6.45) is 3.34. The lowest BCUT2D eigenvalue weighted by atomic mass is 10.1. The van der Waals surface area contributed by atoms with Crippen molar-refractivity contribution in [3.8, 4) is 34.0 Å². The van der Waals surface area contributed by atoms with Crippen molar-refractivity contribution in [3.05, 3.63) is 65.2 Å². The summed E-state index contributed by atoms with van der Waals surface area (Å²) in [6.45, 7) is 0. The fourth-order valence-corrected chi connectivity index (χ4v) is 2.81. The lowest BCUT2D eigenvalue weighted by Crippen LogP contribution is -2.14. The Morgan fingerprint density at radius 1 is 0.923 bits per heavy atom. The molecule has 7 heteroatoms. The van der Waals surface area contributed by atoms with Crippen molar-refractivity contribution < 1.29 is 9.47 Å². The number of methoxy groups -OCH3 is 2. The number of hydrogen-bond acceptors (Lipinski definition) is 5. The number of H-pyrrole nitrogens is 1. The predicted octanol–water partition coefficient (Wildman–Crippen LogP) is 2.77. The Morgan fingerprint density at radius 2 is 1.69 bits per heavy atom. The van der Waals surface area contributed by atoms with E-state index in [1.807, 2.05) is 36.4 Å². The van der Waals surface area contributed by atoms with Crippen LogP contribution in [0.15, 0.2) is 59.7 Å². The van der Waals surface area contributed by atoms with Crippen LogP contribution in [0.1, 0.15) is 0 Å². The Morgan fingerprint density at radius 3 is 2.42 bits per heavy atom. The number of aromatic nitrogens is 4. The first kappa shape index (κ1) is 15.9. The Balaban J connectivity index is 1.84.